The highest BCUT2D eigenvalue weighted by Gasteiger charge is 2.41. The van der Waals surface area contributed by atoms with E-state index in [9.17, 15) is 0 Å². The number of aromatic amines is 1. The fourth-order valence-electron chi connectivity index (χ4n) is 3.23. The SMILES string of the molecule is Brc1csc(-c2cnc(C3CC4CCC3N4)[nH]2)c1. The molecule has 2 saturated heterocycles. The minimum atomic E-state index is 0.584. The molecule has 2 fully saturated rings. The number of rotatable bonds is 2. The van der Waals surface area contributed by atoms with Crippen LogP contribution in [0.15, 0.2) is 22.1 Å². The van der Waals surface area contributed by atoms with E-state index in [0.717, 1.165) is 22.0 Å². The maximum atomic E-state index is 4.60. The first-order chi connectivity index (χ1) is 8.79. The van der Waals surface area contributed by atoms with Crippen LogP contribution in [0.2, 0.25) is 0 Å². The van der Waals surface area contributed by atoms with Gasteiger partial charge in [0.25, 0.3) is 0 Å². The average Bonchev–Trinajstić information content (AvgIpc) is 3.12. The van der Waals surface area contributed by atoms with E-state index in [4.69, 9.17) is 0 Å². The zero-order valence-corrected chi connectivity index (χ0v) is 12.2. The predicted molar refractivity (Wildman–Crippen MR) is 76.9 cm³/mol. The first-order valence-corrected chi connectivity index (χ1v) is 8.02. The fourth-order valence-corrected chi connectivity index (χ4v) is 4.63. The Hall–Kier alpha value is -0.650. The number of fused-ring (bicyclic) bond motifs is 2. The molecule has 2 aliphatic rings. The Morgan fingerprint density at radius 2 is 2.33 bits per heavy atom. The predicted octanol–water partition coefficient (Wildman–Crippen LogP) is 3.51. The Labute approximate surface area is 118 Å². The van der Waals surface area contributed by atoms with Crippen molar-refractivity contribution in [1.82, 2.24) is 15.3 Å². The minimum absolute atomic E-state index is 0.584. The zero-order chi connectivity index (χ0) is 12.1. The van der Waals surface area contributed by atoms with Crippen LogP contribution >= 0.6 is 27.3 Å². The third-order valence-electron chi connectivity index (χ3n) is 4.08. The molecule has 4 rings (SSSR count). The fraction of sp³-hybridized carbons (Fsp3) is 0.462. The number of hydrogen-bond acceptors (Lipinski definition) is 3. The van der Waals surface area contributed by atoms with Crippen LogP contribution in [-0.4, -0.2) is 22.1 Å². The molecule has 94 valence electrons. The number of halogens is 1. The van der Waals surface area contributed by atoms with Crippen molar-refractivity contribution in [1.29, 1.82) is 0 Å². The summed E-state index contributed by atoms with van der Waals surface area (Å²) < 4.78 is 1.14. The van der Waals surface area contributed by atoms with Crippen molar-refractivity contribution in [3.05, 3.63) is 27.9 Å². The normalized spacial score (nSPS) is 30.2. The number of hydrogen-bond donors (Lipinski definition) is 2. The number of imidazole rings is 1. The molecule has 2 aromatic heterocycles. The Morgan fingerprint density at radius 1 is 1.39 bits per heavy atom. The first-order valence-electron chi connectivity index (χ1n) is 6.35. The summed E-state index contributed by atoms with van der Waals surface area (Å²) in [5, 5.41) is 5.77. The Balaban J connectivity index is 1.62. The van der Waals surface area contributed by atoms with Gasteiger partial charge in [-0.3, -0.25) is 0 Å². The van der Waals surface area contributed by atoms with Gasteiger partial charge in [-0.05, 0) is 41.3 Å². The van der Waals surface area contributed by atoms with Crippen LogP contribution in [0.1, 0.15) is 31.0 Å². The van der Waals surface area contributed by atoms with Gasteiger partial charge in [0.2, 0.25) is 0 Å². The summed E-state index contributed by atoms with van der Waals surface area (Å²) in [7, 11) is 0. The van der Waals surface area contributed by atoms with Crippen LogP contribution in [-0.2, 0) is 0 Å². The van der Waals surface area contributed by atoms with Crippen molar-refractivity contribution in [2.24, 2.45) is 0 Å². The van der Waals surface area contributed by atoms with Gasteiger partial charge >= 0.3 is 0 Å². The van der Waals surface area contributed by atoms with E-state index in [1.165, 1.54) is 24.1 Å². The van der Waals surface area contributed by atoms with Gasteiger partial charge in [-0.15, -0.1) is 11.3 Å². The molecule has 4 heterocycles. The lowest BCUT2D eigenvalue weighted by atomic mass is 9.89. The molecule has 2 aliphatic heterocycles. The molecule has 3 unspecified atom stereocenters. The maximum absolute atomic E-state index is 4.60. The largest absolute Gasteiger partial charge is 0.341 e. The van der Waals surface area contributed by atoms with E-state index in [-0.39, 0.29) is 0 Å². The van der Waals surface area contributed by atoms with Gasteiger partial charge in [0, 0.05) is 27.9 Å². The summed E-state index contributed by atoms with van der Waals surface area (Å²) >= 11 is 5.24. The van der Waals surface area contributed by atoms with Gasteiger partial charge in [0.1, 0.15) is 5.82 Å². The lowest BCUT2D eigenvalue weighted by Gasteiger charge is -2.17. The molecule has 2 N–H and O–H groups in total. The summed E-state index contributed by atoms with van der Waals surface area (Å²) in [6, 6.07) is 3.51. The van der Waals surface area contributed by atoms with E-state index in [2.05, 4.69) is 42.7 Å². The zero-order valence-electron chi connectivity index (χ0n) is 9.82. The smallest absolute Gasteiger partial charge is 0.111 e. The summed E-state index contributed by atoms with van der Waals surface area (Å²) in [6.07, 6.45) is 5.86. The molecule has 3 atom stereocenters. The van der Waals surface area contributed by atoms with Crippen molar-refractivity contribution in [3.8, 4) is 10.6 Å². The summed E-state index contributed by atoms with van der Waals surface area (Å²) in [5.74, 6) is 1.75. The molecule has 3 nitrogen and oxygen atoms in total. The molecular weight excluding hydrogens is 310 g/mol. The second-order valence-corrected chi connectivity index (χ2v) is 7.03. The highest BCUT2D eigenvalue weighted by Crippen LogP contribution is 2.39. The third kappa shape index (κ3) is 1.76. The molecule has 5 heteroatoms. The van der Waals surface area contributed by atoms with Crippen molar-refractivity contribution in [3.63, 3.8) is 0 Å². The Kier molecular flexibility index (Phi) is 2.60. The first kappa shape index (κ1) is 11.2. The lowest BCUT2D eigenvalue weighted by molar-refractivity contribution is 0.490. The summed E-state index contributed by atoms with van der Waals surface area (Å²) in [6.45, 7) is 0. The Bertz CT molecular complexity index is 576. The molecule has 0 aliphatic carbocycles. The minimum Gasteiger partial charge on any atom is -0.341 e. The highest BCUT2D eigenvalue weighted by molar-refractivity contribution is 9.10. The molecule has 0 saturated carbocycles. The lowest BCUT2D eigenvalue weighted by Crippen LogP contribution is -2.22. The number of nitrogens with one attached hydrogen (secondary N) is 2. The molecule has 0 aromatic carbocycles. The highest BCUT2D eigenvalue weighted by atomic mass is 79.9. The number of thiophene rings is 1. The van der Waals surface area contributed by atoms with Crippen molar-refractivity contribution >= 4 is 27.3 Å². The molecular formula is C13H14BrN3S. The van der Waals surface area contributed by atoms with E-state index in [1.807, 2.05) is 6.20 Å². The van der Waals surface area contributed by atoms with Gasteiger partial charge < -0.3 is 10.3 Å². The number of aromatic nitrogens is 2. The monoisotopic (exact) mass is 323 g/mol. The van der Waals surface area contributed by atoms with Crippen LogP contribution in [0.25, 0.3) is 10.6 Å². The van der Waals surface area contributed by atoms with Crippen LogP contribution < -0.4 is 5.32 Å². The van der Waals surface area contributed by atoms with E-state index >= 15 is 0 Å². The van der Waals surface area contributed by atoms with Crippen molar-refractivity contribution in [2.45, 2.75) is 37.3 Å². The molecule has 2 bridgehead atoms. The van der Waals surface area contributed by atoms with Gasteiger partial charge in [-0.2, -0.15) is 0 Å². The summed E-state index contributed by atoms with van der Waals surface area (Å²) in [5.41, 5.74) is 1.14. The molecule has 2 aromatic rings. The van der Waals surface area contributed by atoms with Crippen LogP contribution in [0.3, 0.4) is 0 Å². The molecule has 0 amide bonds. The average molecular weight is 324 g/mol. The van der Waals surface area contributed by atoms with Gasteiger partial charge in [0.15, 0.2) is 0 Å². The van der Waals surface area contributed by atoms with Crippen molar-refractivity contribution < 1.29 is 0 Å². The van der Waals surface area contributed by atoms with Crippen LogP contribution in [0.4, 0.5) is 0 Å². The van der Waals surface area contributed by atoms with E-state index in [1.54, 1.807) is 11.3 Å². The number of nitrogens with zero attached hydrogens (tertiary/aromatic N) is 1. The molecule has 0 spiro atoms. The maximum Gasteiger partial charge on any atom is 0.111 e. The molecule has 18 heavy (non-hydrogen) atoms. The second-order valence-electron chi connectivity index (χ2n) is 5.20. The standard InChI is InChI=1S/C13H14BrN3S/c14-7-3-12(18-6-7)11-5-15-13(17-11)9-4-8-1-2-10(9)16-8/h3,5-6,8-10,16H,1-2,4H2,(H,15,17). The van der Waals surface area contributed by atoms with Crippen LogP contribution in [0.5, 0.6) is 0 Å². The van der Waals surface area contributed by atoms with Crippen LogP contribution in [0, 0.1) is 0 Å². The van der Waals surface area contributed by atoms with E-state index in [0.29, 0.717) is 12.0 Å². The van der Waals surface area contributed by atoms with Gasteiger partial charge in [-0.25, -0.2) is 4.98 Å². The molecule has 0 radical (unpaired) electrons. The number of H-pyrrole nitrogens is 1. The third-order valence-corrected chi connectivity index (χ3v) is 5.80. The van der Waals surface area contributed by atoms with Gasteiger partial charge in [-0.1, -0.05) is 0 Å². The van der Waals surface area contributed by atoms with Crippen molar-refractivity contribution in [2.75, 3.05) is 0 Å². The van der Waals surface area contributed by atoms with Gasteiger partial charge in [0.05, 0.1) is 16.8 Å². The summed E-state index contributed by atoms with van der Waals surface area (Å²) in [4.78, 5) is 9.35. The Morgan fingerprint density at radius 3 is 3.00 bits per heavy atom. The topological polar surface area (TPSA) is 40.7 Å². The van der Waals surface area contributed by atoms with E-state index < -0.39 is 0 Å². The second kappa shape index (κ2) is 4.18. The quantitative estimate of drug-likeness (QED) is 0.887.